The van der Waals surface area contributed by atoms with Crippen molar-refractivity contribution < 1.29 is 0 Å². The van der Waals surface area contributed by atoms with Gasteiger partial charge in [-0.1, -0.05) is 6.07 Å². The van der Waals surface area contributed by atoms with Crippen LogP contribution in [0.1, 0.15) is 4.88 Å². The zero-order valence-electron chi connectivity index (χ0n) is 6.69. The zero-order valence-corrected chi connectivity index (χ0v) is 7.51. The van der Waals surface area contributed by atoms with E-state index in [-0.39, 0.29) is 0 Å². The summed E-state index contributed by atoms with van der Waals surface area (Å²) in [7, 11) is 0. The van der Waals surface area contributed by atoms with Crippen molar-refractivity contribution in [1.82, 2.24) is 9.97 Å². The van der Waals surface area contributed by atoms with Crippen LogP contribution in [-0.4, -0.2) is 9.97 Å². The van der Waals surface area contributed by atoms with Crippen molar-refractivity contribution in [3.8, 4) is 10.7 Å². The third-order valence-corrected chi connectivity index (χ3v) is 2.44. The Kier molecular flexibility index (Phi) is 1.87. The van der Waals surface area contributed by atoms with Gasteiger partial charge in [0.2, 0.25) is 0 Å². The van der Waals surface area contributed by atoms with E-state index >= 15 is 0 Å². The van der Waals surface area contributed by atoms with Crippen molar-refractivity contribution in [1.29, 1.82) is 0 Å². The molecule has 2 heterocycles. The summed E-state index contributed by atoms with van der Waals surface area (Å²) in [5.74, 6) is 0. The average molecular weight is 176 g/mol. The van der Waals surface area contributed by atoms with Crippen molar-refractivity contribution in [2.75, 3.05) is 0 Å². The average Bonchev–Trinajstić information content (AvgIpc) is 2.54. The highest BCUT2D eigenvalue weighted by Crippen LogP contribution is 2.21. The molecule has 0 bridgehead atoms. The van der Waals surface area contributed by atoms with E-state index < -0.39 is 0 Å². The lowest BCUT2D eigenvalue weighted by Gasteiger charge is -1.91. The van der Waals surface area contributed by atoms with Gasteiger partial charge in [-0.2, -0.15) is 0 Å². The minimum atomic E-state index is 0.954. The summed E-state index contributed by atoms with van der Waals surface area (Å²) < 4.78 is 0. The molecule has 0 aliphatic rings. The second-order valence-corrected chi connectivity index (χ2v) is 3.73. The molecule has 0 radical (unpaired) electrons. The first-order valence-corrected chi connectivity index (χ1v) is 4.52. The maximum absolute atomic E-state index is 4.24. The normalized spacial score (nSPS) is 10.1. The van der Waals surface area contributed by atoms with Gasteiger partial charge in [0.05, 0.1) is 5.69 Å². The van der Waals surface area contributed by atoms with Crippen LogP contribution in [0.3, 0.4) is 0 Å². The molecule has 3 heteroatoms. The number of hydrogen-bond donors (Lipinski definition) is 0. The first-order chi connectivity index (χ1) is 5.86. The molecule has 0 aliphatic carbocycles. The van der Waals surface area contributed by atoms with Crippen LogP contribution in [0.5, 0.6) is 0 Å². The summed E-state index contributed by atoms with van der Waals surface area (Å²) >= 11 is 1.67. The Morgan fingerprint density at radius 2 is 2.17 bits per heavy atom. The number of pyridine rings is 1. The Labute approximate surface area is 74.9 Å². The van der Waals surface area contributed by atoms with Gasteiger partial charge in [-0.3, -0.25) is 4.98 Å². The van der Waals surface area contributed by atoms with Crippen molar-refractivity contribution in [2.24, 2.45) is 0 Å². The van der Waals surface area contributed by atoms with E-state index in [0.717, 1.165) is 10.7 Å². The van der Waals surface area contributed by atoms with Gasteiger partial charge in [-0.15, -0.1) is 11.3 Å². The highest BCUT2D eigenvalue weighted by atomic mass is 32.1. The zero-order chi connectivity index (χ0) is 8.39. The molecule has 60 valence electrons. The van der Waals surface area contributed by atoms with E-state index in [0.29, 0.717) is 0 Å². The lowest BCUT2D eigenvalue weighted by molar-refractivity contribution is 1.29. The van der Waals surface area contributed by atoms with Gasteiger partial charge in [0.1, 0.15) is 5.01 Å². The fourth-order valence-electron chi connectivity index (χ4n) is 0.962. The number of rotatable bonds is 1. The summed E-state index contributed by atoms with van der Waals surface area (Å²) in [5.41, 5.74) is 0.954. The quantitative estimate of drug-likeness (QED) is 0.667. The van der Waals surface area contributed by atoms with Gasteiger partial charge in [0.25, 0.3) is 0 Å². The predicted octanol–water partition coefficient (Wildman–Crippen LogP) is 2.51. The van der Waals surface area contributed by atoms with Crippen molar-refractivity contribution in [3.05, 3.63) is 35.5 Å². The van der Waals surface area contributed by atoms with Crippen LogP contribution < -0.4 is 0 Å². The smallest absolute Gasteiger partial charge is 0.142 e. The number of nitrogens with zero attached hydrogens (tertiary/aromatic N) is 2. The van der Waals surface area contributed by atoms with Gasteiger partial charge in [0.15, 0.2) is 0 Å². The SMILES string of the molecule is Cc1cnc(-c2ccccn2)s1. The molecule has 0 amide bonds. The molecule has 0 aliphatic heterocycles. The topological polar surface area (TPSA) is 25.8 Å². The van der Waals surface area contributed by atoms with Crippen LogP contribution in [0.15, 0.2) is 30.6 Å². The van der Waals surface area contributed by atoms with E-state index in [4.69, 9.17) is 0 Å². The van der Waals surface area contributed by atoms with Gasteiger partial charge in [-0.25, -0.2) is 4.98 Å². The Balaban J connectivity index is 2.45. The van der Waals surface area contributed by atoms with Gasteiger partial charge < -0.3 is 0 Å². The molecule has 2 aromatic heterocycles. The maximum Gasteiger partial charge on any atom is 0.142 e. The summed E-state index contributed by atoms with van der Waals surface area (Å²) in [5, 5.41) is 0.994. The molecule has 12 heavy (non-hydrogen) atoms. The lowest BCUT2D eigenvalue weighted by Crippen LogP contribution is -1.78. The molecule has 2 aromatic rings. The van der Waals surface area contributed by atoms with Crippen molar-refractivity contribution in [2.45, 2.75) is 6.92 Å². The van der Waals surface area contributed by atoms with Crippen molar-refractivity contribution >= 4 is 11.3 Å². The Hall–Kier alpha value is -1.22. The first-order valence-electron chi connectivity index (χ1n) is 3.70. The standard InChI is InChI=1S/C9H8N2S/c1-7-6-11-9(12-7)8-4-2-3-5-10-8/h2-6H,1H3. The number of hydrogen-bond acceptors (Lipinski definition) is 3. The third-order valence-electron chi connectivity index (χ3n) is 1.51. The first kappa shape index (κ1) is 7.43. The van der Waals surface area contributed by atoms with E-state index in [1.807, 2.05) is 31.3 Å². The third kappa shape index (κ3) is 1.36. The van der Waals surface area contributed by atoms with Crippen LogP contribution in [-0.2, 0) is 0 Å². The number of aromatic nitrogens is 2. The van der Waals surface area contributed by atoms with Gasteiger partial charge in [-0.05, 0) is 19.1 Å². The molecule has 0 aromatic carbocycles. The minimum absolute atomic E-state index is 0.954. The van der Waals surface area contributed by atoms with Crippen LogP contribution >= 0.6 is 11.3 Å². The highest BCUT2D eigenvalue weighted by Gasteiger charge is 2.01. The van der Waals surface area contributed by atoms with Crippen molar-refractivity contribution in [3.63, 3.8) is 0 Å². The lowest BCUT2D eigenvalue weighted by atomic mass is 10.4. The molecule has 2 rings (SSSR count). The summed E-state index contributed by atoms with van der Waals surface area (Å²) in [6.07, 6.45) is 3.65. The molecule has 0 fully saturated rings. The van der Waals surface area contributed by atoms with Gasteiger partial charge in [0, 0.05) is 17.3 Å². The molecule has 0 spiro atoms. The highest BCUT2D eigenvalue weighted by molar-refractivity contribution is 7.14. The Morgan fingerprint density at radius 3 is 2.75 bits per heavy atom. The second kappa shape index (κ2) is 3.03. The summed E-state index contributed by atoms with van der Waals surface area (Å²) in [6, 6.07) is 5.85. The van der Waals surface area contributed by atoms with Crippen LogP contribution in [0, 0.1) is 6.92 Å². The number of thiazole rings is 1. The van der Waals surface area contributed by atoms with Crippen LogP contribution in [0.4, 0.5) is 0 Å². The Morgan fingerprint density at radius 1 is 1.25 bits per heavy atom. The summed E-state index contributed by atoms with van der Waals surface area (Å²) in [4.78, 5) is 9.67. The van der Waals surface area contributed by atoms with Crippen LogP contribution in [0.25, 0.3) is 10.7 Å². The molecular weight excluding hydrogens is 168 g/mol. The molecular formula is C9H8N2S. The molecule has 0 saturated carbocycles. The fraction of sp³-hybridized carbons (Fsp3) is 0.111. The molecule has 0 N–H and O–H groups in total. The van der Waals surface area contributed by atoms with E-state index in [2.05, 4.69) is 9.97 Å². The maximum atomic E-state index is 4.24. The van der Waals surface area contributed by atoms with Gasteiger partial charge >= 0.3 is 0 Å². The fourth-order valence-corrected chi connectivity index (χ4v) is 1.70. The largest absolute Gasteiger partial charge is 0.254 e. The molecule has 0 atom stereocenters. The molecule has 0 unspecified atom stereocenters. The van der Waals surface area contributed by atoms with E-state index in [1.54, 1.807) is 17.5 Å². The van der Waals surface area contributed by atoms with E-state index in [1.165, 1.54) is 4.88 Å². The second-order valence-electron chi connectivity index (χ2n) is 2.49. The Bertz CT molecular complexity index is 367. The monoisotopic (exact) mass is 176 g/mol. The number of aryl methyl sites for hydroxylation is 1. The summed E-state index contributed by atoms with van der Waals surface area (Å²) in [6.45, 7) is 2.05. The molecule has 0 saturated heterocycles. The van der Waals surface area contributed by atoms with E-state index in [9.17, 15) is 0 Å². The molecule has 2 nitrogen and oxygen atoms in total. The minimum Gasteiger partial charge on any atom is -0.254 e. The van der Waals surface area contributed by atoms with Crippen LogP contribution in [0.2, 0.25) is 0 Å². The predicted molar refractivity (Wildman–Crippen MR) is 50.1 cm³/mol.